The standard InChI is InChI=1S/C9H16N2.2C2HF3O2/c1-2-7(1)5-11-6-8-3-9(11)10-4-8;2*3-2(4,5)1(6)7/h7-10H,1-6H2;2*(H,6,7)/t8-,9+;;/m0../s1. The number of carboxylic acid groups (broad SMARTS) is 2. The zero-order valence-electron chi connectivity index (χ0n) is 12.9. The molecule has 0 amide bonds. The van der Waals surface area contributed by atoms with Gasteiger partial charge in [-0.1, -0.05) is 0 Å². The van der Waals surface area contributed by atoms with Gasteiger partial charge in [-0.05, 0) is 31.1 Å². The Labute approximate surface area is 138 Å². The molecule has 0 aromatic heterocycles. The van der Waals surface area contributed by atoms with Crippen LogP contribution >= 0.6 is 0 Å². The van der Waals surface area contributed by atoms with Crippen molar-refractivity contribution in [3.05, 3.63) is 0 Å². The molecule has 3 aliphatic rings. The van der Waals surface area contributed by atoms with Gasteiger partial charge in [0.2, 0.25) is 0 Å². The molecule has 0 unspecified atom stereocenters. The molecule has 2 heterocycles. The number of likely N-dealkylation sites (tertiary alicyclic amines) is 1. The Hall–Kier alpha value is -1.56. The summed E-state index contributed by atoms with van der Waals surface area (Å²) in [7, 11) is 0. The molecule has 3 rings (SSSR count). The fourth-order valence-electron chi connectivity index (χ4n) is 2.50. The third-order valence-electron chi connectivity index (χ3n) is 3.81. The molecule has 146 valence electrons. The second kappa shape index (κ2) is 8.21. The first kappa shape index (κ1) is 21.5. The Morgan fingerprint density at radius 2 is 1.44 bits per heavy atom. The van der Waals surface area contributed by atoms with Crippen molar-refractivity contribution in [1.29, 1.82) is 0 Å². The number of carboxylic acids is 2. The van der Waals surface area contributed by atoms with Crippen LogP contribution in [0.1, 0.15) is 19.3 Å². The average molecular weight is 380 g/mol. The number of fused-ring (bicyclic) bond motifs is 2. The number of alkyl halides is 6. The molecule has 2 atom stereocenters. The van der Waals surface area contributed by atoms with E-state index in [1.54, 1.807) is 0 Å². The average Bonchev–Trinajstić information content (AvgIpc) is 3.02. The van der Waals surface area contributed by atoms with Gasteiger partial charge in [0.1, 0.15) is 0 Å². The lowest BCUT2D eigenvalue weighted by molar-refractivity contribution is -0.193. The molecule has 3 N–H and O–H groups in total. The van der Waals surface area contributed by atoms with Gasteiger partial charge in [-0.15, -0.1) is 0 Å². The molecule has 0 radical (unpaired) electrons. The lowest BCUT2D eigenvalue weighted by Gasteiger charge is -2.27. The number of hydrogen-bond acceptors (Lipinski definition) is 4. The molecule has 1 aliphatic carbocycles. The Bertz CT molecular complexity index is 454. The monoisotopic (exact) mass is 380 g/mol. The van der Waals surface area contributed by atoms with Gasteiger partial charge in [0.05, 0.1) is 6.17 Å². The van der Waals surface area contributed by atoms with E-state index in [0.717, 1.165) is 18.0 Å². The van der Waals surface area contributed by atoms with E-state index >= 15 is 0 Å². The number of rotatable bonds is 2. The minimum Gasteiger partial charge on any atom is -0.475 e. The van der Waals surface area contributed by atoms with Crippen molar-refractivity contribution in [2.45, 2.75) is 37.8 Å². The zero-order valence-corrected chi connectivity index (χ0v) is 12.9. The van der Waals surface area contributed by atoms with Crippen molar-refractivity contribution in [3.8, 4) is 0 Å². The van der Waals surface area contributed by atoms with Crippen LogP contribution in [0.25, 0.3) is 0 Å². The first-order valence-electron chi connectivity index (χ1n) is 7.38. The molecule has 0 aromatic rings. The summed E-state index contributed by atoms with van der Waals surface area (Å²) in [6.07, 6.45) is -4.99. The molecule has 1 saturated carbocycles. The predicted molar refractivity (Wildman–Crippen MR) is 71.6 cm³/mol. The zero-order chi connectivity index (χ0) is 19.4. The summed E-state index contributed by atoms with van der Waals surface area (Å²) in [4.78, 5) is 20.5. The summed E-state index contributed by atoms with van der Waals surface area (Å²) in [6.45, 7) is 4.05. The minimum absolute atomic E-state index is 0.764. The molecule has 0 aromatic carbocycles. The summed E-state index contributed by atoms with van der Waals surface area (Å²) in [5.74, 6) is -3.46. The molecular formula is C13H18F6N2O4. The van der Waals surface area contributed by atoms with Crippen molar-refractivity contribution in [1.82, 2.24) is 10.2 Å². The molecule has 25 heavy (non-hydrogen) atoms. The number of nitrogens with zero attached hydrogens (tertiary/aromatic N) is 1. The van der Waals surface area contributed by atoms with Crippen LogP contribution in [0.4, 0.5) is 26.3 Å². The summed E-state index contributed by atoms with van der Waals surface area (Å²) >= 11 is 0. The van der Waals surface area contributed by atoms with Crippen LogP contribution in [-0.2, 0) is 9.59 Å². The lowest BCUT2D eigenvalue weighted by atomic mass is 10.2. The van der Waals surface area contributed by atoms with Crippen molar-refractivity contribution in [3.63, 3.8) is 0 Å². The Morgan fingerprint density at radius 1 is 1.00 bits per heavy atom. The van der Waals surface area contributed by atoms with E-state index in [0.29, 0.717) is 0 Å². The van der Waals surface area contributed by atoms with Crippen LogP contribution in [0.15, 0.2) is 0 Å². The van der Waals surface area contributed by atoms with Crippen LogP contribution in [0.2, 0.25) is 0 Å². The van der Waals surface area contributed by atoms with Gasteiger partial charge in [0.15, 0.2) is 0 Å². The summed E-state index contributed by atoms with van der Waals surface area (Å²) in [5.41, 5.74) is 0. The quantitative estimate of drug-likeness (QED) is 0.635. The van der Waals surface area contributed by atoms with Gasteiger partial charge in [0, 0.05) is 19.6 Å². The first-order chi connectivity index (χ1) is 11.3. The summed E-state index contributed by atoms with van der Waals surface area (Å²) < 4.78 is 63.5. The maximum Gasteiger partial charge on any atom is 0.490 e. The molecule has 0 spiro atoms. The van der Waals surface area contributed by atoms with Crippen molar-refractivity contribution in [2.24, 2.45) is 11.8 Å². The molecule has 12 heteroatoms. The highest BCUT2D eigenvalue weighted by molar-refractivity contribution is 5.73. The summed E-state index contributed by atoms with van der Waals surface area (Å²) in [5, 5.41) is 17.8. The Morgan fingerprint density at radius 3 is 1.68 bits per heavy atom. The van der Waals surface area contributed by atoms with Crippen molar-refractivity contribution < 1.29 is 46.1 Å². The topological polar surface area (TPSA) is 89.9 Å². The minimum atomic E-state index is -5.08. The van der Waals surface area contributed by atoms with E-state index in [1.807, 2.05) is 0 Å². The lowest BCUT2D eigenvalue weighted by Crippen LogP contribution is -2.44. The highest BCUT2D eigenvalue weighted by Gasteiger charge is 2.40. The van der Waals surface area contributed by atoms with E-state index in [-0.39, 0.29) is 0 Å². The molecular weight excluding hydrogens is 362 g/mol. The maximum atomic E-state index is 10.6. The van der Waals surface area contributed by atoms with Gasteiger partial charge >= 0.3 is 24.3 Å². The number of aliphatic carboxylic acids is 2. The Balaban J connectivity index is 0.000000199. The largest absolute Gasteiger partial charge is 0.490 e. The highest BCUT2D eigenvalue weighted by atomic mass is 19.4. The maximum absolute atomic E-state index is 10.6. The van der Waals surface area contributed by atoms with Crippen LogP contribution < -0.4 is 5.32 Å². The van der Waals surface area contributed by atoms with Gasteiger partial charge in [0.25, 0.3) is 0 Å². The second-order valence-electron chi connectivity index (χ2n) is 6.03. The number of halogens is 6. The summed E-state index contributed by atoms with van der Waals surface area (Å²) in [6, 6.07) is 0. The normalized spacial score (nSPS) is 25.5. The molecule has 3 fully saturated rings. The third kappa shape index (κ3) is 7.90. The van der Waals surface area contributed by atoms with Crippen LogP contribution in [0, 0.1) is 11.8 Å². The van der Waals surface area contributed by atoms with Gasteiger partial charge < -0.3 is 15.5 Å². The number of nitrogens with one attached hydrogen (secondary N) is 1. The van der Waals surface area contributed by atoms with Gasteiger partial charge in [-0.3, -0.25) is 4.90 Å². The molecule has 2 bridgehead atoms. The van der Waals surface area contributed by atoms with Crippen LogP contribution in [0.5, 0.6) is 0 Å². The van der Waals surface area contributed by atoms with Crippen molar-refractivity contribution >= 4 is 11.9 Å². The van der Waals surface area contributed by atoms with E-state index in [2.05, 4.69) is 10.2 Å². The van der Waals surface area contributed by atoms with E-state index in [9.17, 15) is 26.3 Å². The predicted octanol–water partition coefficient (Wildman–Crippen LogP) is 1.91. The van der Waals surface area contributed by atoms with Crippen molar-refractivity contribution in [2.75, 3.05) is 19.6 Å². The molecule has 2 aliphatic heterocycles. The fraction of sp³-hybridized carbons (Fsp3) is 0.846. The SMILES string of the molecule is C1CC1CN1C[C@@H]2CN[C@H]1C2.O=C(O)C(F)(F)F.O=C(O)C(F)(F)F. The van der Waals surface area contributed by atoms with E-state index in [1.165, 1.54) is 38.9 Å². The van der Waals surface area contributed by atoms with Crippen LogP contribution in [0.3, 0.4) is 0 Å². The third-order valence-corrected chi connectivity index (χ3v) is 3.81. The smallest absolute Gasteiger partial charge is 0.475 e. The van der Waals surface area contributed by atoms with E-state index in [4.69, 9.17) is 19.8 Å². The van der Waals surface area contributed by atoms with Gasteiger partial charge in [-0.25, -0.2) is 9.59 Å². The first-order valence-corrected chi connectivity index (χ1v) is 7.38. The van der Waals surface area contributed by atoms with Gasteiger partial charge in [-0.2, -0.15) is 26.3 Å². The highest BCUT2D eigenvalue weighted by Crippen LogP contribution is 2.34. The van der Waals surface area contributed by atoms with E-state index < -0.39 is 24.3 Å². The number of carbonyl (C=O) groups is 2. The fourth-order valence-corrected chi connectivity index (χ4v) is 2.50. The van der Waals surface area contributed by atoms with Crippen LogP contribution in [-0.4, -0.2) is 65.2 Å². The second-order valence-corrected chi connectivity index (χ2v) is 6.03. The number of hydrogen-bond donors (Lipinski definition) is 3. The Kier molecular flexibility index (Phi) is 7.06. The molecule has 2 saturated heterocycles. The molecule has 6 nitrogen and oxygen atoms in total.